The first-order valence-corrected chi connectivity index (χ1v) is 8.92. The summed E-state index contributed by atoms with van der Waals surface area (Å²) < 4.78 is 0. The Hall–Kier alpha value is -4.18. The van der Waals surface area contributed by atoms with Crippen molar-refractivity contribution >= 4 is 23.0 Å². The summed E-state index contributed by atoms with van der Waals surface area (Å²) in [6, 6.07) is 19.1. The van der Waals surface area contributed by atoms with E-state index in [-0.39, 0.29) is 24.6 Å². The molecule has 2 N–H and O–H groups in total. The number of rotatable bonds is 6. The highest BCUT2D eigenvalue weighted by Crippen LogP contribution is 2.22. The van der Waals surface area contributed by atoms with Crippen LogP contribution in [0.3, 0.4) is 0 Å². The van der Waals surface area contributed by atoms with Crippen LogP contribution < -0.4 is 10.6 Å². The molecule has 29 heavy (non-hydrogen) atoms. The zero-order valence-corrected chi connectivity index (χ0v) is 15.5. The fourth-order valence-electron chi connectivity index (χ4n) is 2.56. The monoisotopic (exact) mass is 386 g/mol. The van der Waals surface area contributed by atoms with Crippen LogP contribution in [0.4, 0.5) is 17.1 Å². The molecule has 0 saturated carbocycles. The van der Waals surface area contributed by atoms with Crippen molar-refractivity contribution in [3.63, 3.8) is 0 Å². The lowest BCUT2D eigenvalue weighted by atomic mass is 10.2. The summed E-state index contributed by atoms with van der Waals surface area (Å²) in [6.07, 6.45) is 1.84. The van der Waals surface area contributed by atoms with Crippen molar-refractivity contribution in [3.8, 4) is 11.8 Å². The van der Waals surface area contributed by atoms with Crippen molar-refractivity contribution in [2.45, 2.75) is 6.42 Å². The molecule has 0 atom stereocenters. The fraction of sp³-hybridized carbons (Fsp3) is 0.0909. The smallest absolute Gasteiger partial charge is 0.292 e. The van der Waals surface area contributed by atoms with Gasteiger partial charge in [-0.25, -0.2) is 4.98 Å². The van der Waals surface area contributed by atoms with E-state index in [1.807, 2.05) is 30.3 Å². The minimum atomic E-state index is -0.458. The molecule has 0 spiro atoms. The number of hydrogen-bond donors (Lipinski definition) is 2. The number of carbonyl (C=O) groups excluding carboxylic acids is 1. The van der Waals surface area contributed by atoms with Crippen LogP contribution in [0, 0.1) is 22.0 Å². The number of nitrogens with one attached hydrogen (secondary N) is 2. The molecule has 0 aliphatic rings. The molecule has 0 aliphatic carbocycles. The van der Waals surface area contributed by atoms with Gasteiger partial charge in [0.25, 0.3) is 5.69 Å². The molecule has 7 heteroatoms. The summed E-state index contributed by atoms with van der Waals surface area (Å²) in [6.45, 7) is 0.274. The largest absolute Gasteiger partial charge is 0.379 e. The summed E-state index contributed by atoms with van der Waals surface area (Å²) in [5.41, 5.74) is 2.42. The molecule has 2 aromatic carbocycles. The van der Waals surface area contributed by atoms with Crippen LogP contribution in [0.15, 0.2) is 72.9 Å². The van der Waals surface area contributed by atoms with Crippen molar-refractivity contribution in [2.24, 2.45) is 0 Å². The van der Waals surface area contributed by atoms with Crippen molar-refractivity contribution in [1.29, 1.82) is 0 Å². The number of carbonyl (C=O) groups is 1. The SMILES string of the molecule is O=C(CCNc1ccccc1[N+](=O)[O-])Nc1cccc(C#Cc2ccccn2)c1. The summed E-state index contributed by atoms with van der Waals surface area (Å²) in [7, 11) is 0. The molecule has 1 heterocycles. The Kier molecular flexibility index (Phi) is 6.53. The molecular weight excluding hydrogens is 368 g/mol. The maximum atomic E-state index is 12.2. The van der Waals surface area contributed by atoms with E-state index in [0.717, 1.165) is 5.56 Å². The second-order valence-corrected chi connectivity index (χ2v) is 6.04. The number of nitro benzene ring substituents is 1. The quantitative estimate of drug-likeness (QED) is 0.381. The van der Waals surface area contributed by atoms with Crippen molar-refractivity contribution in [2.75, 3.05) is 17.2 Å². The molecule has 0 unspecified atom stereocenters. The highest BCUT2D eigenvalue weighted by molar-refractivity contribution is 5.91. The van der Waals surface area contributed by atoms with E-state index in [0.29, 0.717) is 17.1 Å². The van der Waals surface area contributed by atoms with E-state index < -0.39 is 4.92 Å². The Bertz CT molecular complexity index is 1070. The molecule has 144 valence electrons. The highest BCUT2D eigenvalue weighted by Gasteiger charge is 2.12. The van der Waals surface area contributed by atoms with Gasteiger partial charge in [0.1, 0.15) is 11.4 Å². The maximum absolute atomic E-state index is 12.2. The van der Waals surface area contributed by atoms with Gasteiger partial charge >= 0.3 is 0 Å². The number of aromatic nitrogens is 1. The second kappa shape index (κ2) is 9.67. The molecule has 3 rings (SSSR count). The van der Waals surface area contributed by atoms with Gasteiger partial charge in [-0.05, 0) is 42.3 Å². The summed E-state index contributed by atoms with van der Waals surface area (Å²) >= 11 is 0. The predicted octanol–water partition coefficient (Wildman–Crippen LogP) is 3.83. The van der Waals surface area contributed by atoms with Gasteiger partial charge in [-0.3, -0.25) is 14.9 Å². The first kappa shape index (κ1) is 19.6. The second-order valence-electron chi connectivity index (χ2n) is 6.04. The third-order valence-corrected chi connectivity index (χ3v) is 3.91. The first-order valence-electron chi connectivity index (χ1n) is 8.92. The van der Waals surface area contributed by atoms with Crippen LogP contribution in [0.25, 0.3) is 0 Å². The van der Waals surface area contributed by atoms with E-state index in [1.165, 1.54) is 6.07 Å². The summed E-state index contributed by atoms with van der Waals surface area (Å²) in [4.78, 5) is 26.9. The van der Waals surface area contributed by atoms with Crippen molar-refractivity contribution < 1.29 is 9.72 Å². The lowest BCUT2D eigenvalue weighted by molar-refractivity contribution is -0.384. The normalized spacial score (nSPS) is 9.79. The summed E-state index contributed by atoms with van der Waals surface area (Å²) in [5.74, 6) is 5.78. The van der Waals surface area contributed by atoms with Gasteiger partial charge in [-0.2, -0.15) is 0 Å². The number of benzene rings is 2. The lowest BCUT2D eigenvalue weighted by Crippen LogP contribution is -2.16. The first-order chi connectivity index (χ1) is 14.1. The van der Waals surface area contributed by atoms with E-state index in [2.05, 4.69) is 27.5 Å². The number of nitrogens with zero attached hydrogens (tertiary/aromatic N) is 2. The van der Waals surface area contributed by atoms with Crippen LogP contribution in [0.5, 0.6) is 0 Å². The van der Waals surface area contributed by atoms with Gasteiger partial charge in [0.2, 0.25) is 5.91 Å². The molecule has 7 nitrogen and oxygen atoms in total. The molecule has 1 amide bonds. The average Bonchev–Trinajstić information content (AvgIpc) is 2.73. The third-order valence-electron chi connectivity index (χ3n) is 3.91. The zero-order chi connectivity index (χ0) is 20.5. The molecule has 3 aromatic rings. The number of nitro groups is 1. The minimum absolute atomic E-state index is 0.0212. The van der Waals surface area contributed by atoms with Gasteiger partial charge in [-0.1, -0.05) is 30.2 Å². The van der Waals surface area contributed by atoms with Crippen molar-refractivity contribution in [3.05, 3.63) is 94.3 Å². The summed E-state index contributed by atoms with van der Waals surface area (Å²) in [5, 5.41) is 16.7. The maximum Gasteiger partial charge on any atom is 0.292 e. The Labute approximate surface area is 168 Å². The Balaban J connectivity index is 1.55. The molecule has 0 saturated heterocycles. The number of hydrogen-bond acceptors (Lipinski definition) is 5. The Morgan fingerprint density at radius 3 is 2.66 bits per heavy atom. The number of amides is 1. The van der Waals surface area contributed by atoms with Gasteiger partial charge in [0.05, 0.1) is 4.92 Å². The Morgan fingerprint density at radius 2 is 1.86 bits per heavy atom. The molecule has 0 bridgehead atoms. The van der Waals surface area contributed by atoms with Crippen LogP contribution in [-0.2, 0) is 4.79 Å². The molecule has 0 aliphatic heterocycles. The van der Waals surface area contributed by atoms with Gasteiger partial charge in [0.15, 0.2) is 0 Å². The predicted molar refractivity (Wildman–Crippen MR) is 111 cm³/mol. The number of anilines is 2. The van der Waals surface area contributed by atoms with Gasteiger partial charge in [-0.15, -0.1) is 0 Å². The van der Waals surface area contributed by atoms with E-state index in [4.69, 9.17) is 0 Å². The molecule has 0 fully saturated rings. The van der Waals surface area contributed by atoms with Crippen LogP contribution in [-0.4, -0.2) is 22.4 Å². The zero-order valence-electron chi connectivity index (χ0n) is 15.5. The van der Waals surface area contributed by atoms with Crippen LogP contribution in [0.2, 0.25) is 0 Å². The Morgan fingerprint density at radius 1 is 1.03 bits per heavy atom. The fourth-order valence-corrected chi connectivity index (χ4v) is 2.56. The standard InChI is InChI=1S/C22H18N4O3/c27-22(13-15-24-20-9-1-2-10-21(20)26(28)29)25-19-8-5-6-17(16-19)11-12-18-7-3-4-14-23-18/h1-10,14,16,24H,13,15H2,(H,25,27). The third kappa shape index (κ3) is 5.91. The average molecular weight is 386 g/mol. The van der Waals surface area contributed by atoms with Gasteiger partial charge in [0, 0.05) is 36.5 Å². The highest BCUT2D eigenvalue weighted by atomic mass is 16.6. The molecular formula is C22H18N4O3. The molecule has 1 aromatic heterocycles. The van der Waals surface area contributed by atoms with Gasteiger partial charge < -0.3 is 10.6 Å². The lowest BCUT2D eigenvalue weighted by Gasteiger charge is -2.08. The number of pyridine rings is 1. The number of para-hydroxylation sites is 2. The molecule has 0 radical (unpaired) electrons. The van der Waals surface area contributed by atoms with Crippen molar-refractivity contribution in [1.82, 2.24) is 4.98 Å². The topological polar surface area (TPSA) is 97.2 Å². The van der Waals surface area contributed by atoms with Crippen LogP contribution in [0.1, 0.15) is 17.7 Å². The van der Waals surface area contributed by atoms with Crippen LogP contribution >= 0.6 is 0 Å². The minimum Gasteiger partial charge on any atom is -0.379 e. The van der Waals surface area contributed by atoms with E-state index in [9.17, 15) is 14.9 Å². The van der Waals surface area contributed by atoms with E-state index in [1.54, 1.807) is 36.5 Å². The van der Waals surface area contributed by atoms with E-state index >= 15 is 0 Å².